The van der Waals surface area contributed by atoms with Crippen molar-refractivity contribution < 1.29 is 9.53 Å². The van der Waals surface area contributed by atoms with Gasteiger partial charge in [-0.15, -0.1) is 17.9 Å². The number of anilines is 1. The number of ether oxygens (including phenoxy) is 1. The Morgan fingerprint density at radius 1 is 1.32 bits per heavy atom. The molecule has 2 aliphatic rings. The number of benzene rings is 1. The lowest BCUT2D eigenvalue weighted by molar-refractivity contribution is -0.118. The zero-order valence-corrected chi connectivity index (χ0v) is 19.3. The number of hydrogen-bond donors (Lipinski definition) is 1. The molecule has 1 amide bonds. The first-order valence-electron chi connectivity index (χ1n) is 10.8. The third-order valence-electron chi connectivity index (χ3n) is 5.98. The second-order valence-electron chi connectivity index (χ2n) is 9.20. The number of carbonyl (C=O) groups excluding carboxylic acids is 1. The zero-order chi connectivity index (χ0) is 22.0. The number of aromatic nitrogens is 1. The van der Waals surface area contributed by atoms with Crippen molar-refractivity contribution in [2.45, 2.75) is 46.5 Å². The van der Waals surface area contributed by atoms with Crippen molar-refractivity contribution in [2.75, 3.05) is 18.5 Å². The van der Waals surface area contributed by atoms with E-state index in [1.165, 1.54) is 18.6 Å². The third-order valence-corrected chi connectivity index (χ3v) is 6.83. The Labute approximate surface area is 187 Å². The standard InChI is InChI=1S/C24H30N4O2S/c1-5-12-25-23-28(27-18-9-7-17(8-10-18)24(2,3)4)20(15-31-23)16-6-11-21-19(13-16)26-22(29)14-30-21/h5-6,11,13,15,17H,1,7-10,12,14H2,2-4H3,(H,26,29). The average Bonchev–Trinajstić information content (AvgIpc) is 3.13. The number of nitrogens with one attached hydrogen (secondary N) is 1. The van der Waals surface area contributed by atoms with Crippen LogP contribution < -0.4 is 14.9 Å². The number of hydrogen-bond acceptors (Lipinski definition) is 5. The normalized spacial score (nSPS) is 19.5. The molecule has 1 aromatic heterocycles. The molecule has 7 heteroatoms. The molecule has 2 heterocycles. The van der Waals surface area contributed by atoms with E-state index in [1.807, 2.05) is 22.9 Å². The van der Waals surface area contributed by atoms with Crippen LogP contribution in [0.3, 0.4) is 0 Å². The Kier molecular flexibility index (Phi) is 6.14. The first-order valence-corrected chi connectivity index (χ1v) is 11.7. The fourth-order valence-corrected chi connectivity index (χ4v) is 4.99. The maximum atomic E-state index is 11.7. The number of carbonyl (C=O) groups is 1. The predicted molar refractivity (Wildman–Crippen MR) is 127 cm³/mol. The number of rotatable bonds is 4. The van der Waals surface area contributed by atoms with Crippen molar-refractivity contribution in [1.82, 2.24) is 4.68 Å². The minimum absolute atomic E-state index is 0.0542. The van der Waals surface area contributed by atoms with Gasteiger partial charge in [-0.2, -0.15) is 5.10 Å². The van der Waals surface area contributed by atoms with E-state index < -0.39 is 0 Å². The van der Waals surface area contributed by atoms with Crippen LogP contribution in [0.5, 0.6) is 5.75 Å². The maximum absolute atomic E-state index is 11.7. The Hall–Kier alpha value is -2.67. The highest BCUT2D eigenvalue weighted by atomic mass is 32.1. The topological polar surface area (TPSA) is 68.0 Å². The number of fused-ring (bicyclic) bond motifs is 1. The maximum Gasteiger partial charge on any atom is 0.262 e. The van der Waals surface area contributed by atoms with Crippen LogP contribution in [-0.2, 0) is 4.79 Å². The van der Waals surface area contributed by atoms with E-state index in [4.69, 9.17) is 9.84 Å². The summed E-state index contributed by atoms with van der Waals surface area (Å²) in [7, 11) is 0. The lowest BCUT2D eigenvalue weighted by atomic mass is 9.72. The lowest BCUT2D eigenvalue weighted by Crippen LogP contribution is -2.27. The Bertz CT molecular complexity index is 1080. The van der Waals surface area contributed by atoms with Gasteiger partial charge in [-0.1, -0.05) is 26.8 Å². The number of amides is 1. The van der Waals surface area contributed by atoms with Crippen molar-refractivity contribution in [3.05, 3.63) is 41.0 Å². The lowest BCUT2D eigenvalue weighted by Gasteiger charge is -2.34. The summed E-state index contributed by atoms with van der Waals surface area (Å²) < 4.78 is 7.45. The third kappa shape index (κ3) is 4.82. The van der Waals surface area contributed by atoms with Crippen molar-refractivity contribution in [3.63, 3.8) is 0 Å². The van der Waals surface area contributed by atoms with Gasteiger partial charge in [0.15, 0.2) is 6.61 Å². The Morgan fingerprint density at radius 2 is 2.10 bits per heavy atom. The van der Waals surface area contributed by atoms with Crippen LogP contribution in [0.1, 0.15) is 46.5 Å². The molecule has 0 spiro atoms. The van der Waals surface area contributed by atoms with Gasteiger partial charge in [-0.05, 0) is 55.2 Å². The van der Waals surface area contributed by atoms with Gasteiger partial charge in [0.25, 0.3) is 5.91 Å². The molecule has 1 aliphatic heterocycles. The van der Waals surface area contributed by atoms with Crippen LogP contribution in [0.4, 0.5) is 5.69 Å². The van der Waals surface area contributed by atoms with Crippen molar-refractivity contribution in [3.8, 4) is 17.0 Å². The first kappa shape index (κ1) is 21.6. The van der Waals surface area contributed by atoms with E-state index in [-0.39, 0.29) is 12.5 Å². The Morgan fingerprint density at radius 3 is 2.81 bits per heavy atom. The van der Waals surface area contributed by atoms with Crippen LogP contribution in [0, 0.1) is 11.3 Å². The van der Waals surface area contributed by atoms with Crippen molar-refractivity contribution >= 4 is 28.6 Å². The number of thiazole rings is 1. The summed E-state index contributed by atoms with van der Waals surface area (Å²) >= 11 is 1.57. The van der Waals surface area contributed by atoms with Gasteiger partial charge in [0.1, 0.15) is 5.75 Å². The molecule has 0 bridgehead atoms. The van der Waals surface area contributed by atoms with E-state index in [0.29, 0.717) is 23.4 Å². The van der Waals surface area contributed by atoms with E-state index in [9.17, 15) is 4.79 Å². The summed E-state index contributed by atoms with van der Waals surface area (Å²) in [5.41, 5.74) is 4.17. The highest BCUT2D eigenvalue weighted by Gasteiger charge is 2.28. The molecule has 2 aromatic rings. The molecule has 1 aliphatic carbocycles. The second kappa shape index (κ2) is 8.83. The van der Waals surface area contributed by atoms with Gasteiger partial charge < -0.3 is 10.1 Å². The monoisotopic (exact) mass is 438 g/mol. The fourth-order valence-electron chi connectivity index (χ4n) is 4.15. The van der Waals surface area contributed by atoms with Crippen LogP contribution in [-0.4, -0.2) is 29.4 Å². The molecule has 6 nitrogen and oxygen atoms in total. The molecular formula is C24H30N4O2S. The van der Waals surface area contributed by atoms with Gasteiger partial charge in [-0.3, -0.25) is 9.79 Å². The Balaban J connectivity index is 1.69. The van der Waals surface area contributed by atoms with Gasteiger partial charge in [0, 0.05) is 16.7 Å². The molecule has 1 fully saturated rings. The summed E-state index contributed by atoms with van der Waals surface area (Å²) in [6, 6.07) is 5.84. The summed E-state index contributed by atoms with van der Waals surface area (Å²) in [5, 5.41) is 10.0. The highest BCUT2D eigenvalue weighted by Crippen LogP contribution is 2.37. The van der Waals surface area contributed by atoms with Gasteiger partial charge in [-0.25, -0.2) is 4.68 Å². The molecule has 1 N–H and O–H groups in total. The van der Waals surface area contributed by atoms with Crippen LogP contribution in [0.2, 0.25) is 0 Å². The molecule has 0 unspecified atom stereocenters. The second-order valence-corrected chi connectivity index (χ2v) is 10.0. The average molecular weight is 439 g/mol. The van der Waals surface area contributed by atoms with Gasteiger partial charge in [0.2, 0.25) is 4.80 Å². The molecule has 1 saturated carbocycles. The number of nitrogens with zero attached hydrogens (tertiary/aromatic N) is 3. The SMILES string of the molecule is C=CCN=c1scc(-c2ccc3c(c2)NC(=O)CO3)n1N=C1CCC(C(C)(C)C)CC1. The summed E-state index contributed by atoms with van der Waals surface area (Å²) in [5.74, 6) is 1.28. The molecule has 0 saturated heterocycles. The molecule has 31 heavy (non-hydrogen) atoms. The molecule has 164 valence electrons. The summed E-state index contributed by atoms with van der Waals surface area (Å²) in [6.07, 6.45) is 6.16. The minimum Gasteiger partial charge on any atom is -0.482 e. The minimum atomic E-state index is -0.139. The fraction of sp³-hybridized carbons (Fsp3) is 0.458. The quantitative estimate of drug-likeness (QED) is 0.677. The largest absolute Gasteiger partial charge is 0.482 e. The highest BCUT2D eigenvalue weighted by molar-refractivity contribution is 7.07. The predicted octanol–water partition coefficient (Wildman–Crippen LogP) is 5.07. The van der Waals surface area contributed by atoms with Gasteiger partial charge in [0.05, 0.1) is 17.9 Å². The molecule has 4 rings (SSSR count). The van der Waals surface area contributed by atoms with E-state index >= 15 is 0 Å². The molecule has 0 atom stereocenters. The van der Waals surface area contributed by atoms with Crippen LogP contribution in [0.25, 0.3) is 11.3 Å². The van der Waals surface area contributed by atoms with Crippen LogP contribution in [0.15, 0.2) is 46.3 Å². The van der Waals surface area contributed by atoms with Crippen molar-refractivity contribution in [2.24, 2.45) is 21.4 Å². The summed E-state index contributed by atoms with van der Waals surface area (Å²) in [4.78, 5) is 17.2. The summed E-state index contributed by atoms with van der Waals surface area (Å²) in [6.45, 7) is 11.4. The van der Waals surface area contributed by atoms with Gasteiger partial charge >= 0.3 is 0 Å². The molecule has 0 radical (unpaired) electrons. The first-order chi connectivity index (χ1) is 14.8. The zero-order valence-electron chi connectivity index (χ0n) is 18.5. The van der Waals surface area contributed by atoms with Crippen molar-refractivity contribution in [1.29, 1.82) is 0 Å². The van der Waals surface area contributed by atoms with E-state index in [2.05, 4.69) is 43.0 Å². The smallest absolute Gasteiger partial charge is 0.262 e. The molecule has 1 aromatic carbocycles. The molecular weight excluding hydrogens is 408 g/mol. The van der Waals surface area contributed by atoms with E-state index in [1.54, 1.807) is 17.4 Å². The van der Waals surface area contributed by atoms with Crippen LogP contribution >= 0.6 is 11.3 Å². The van der Waals surface area contributed by atoms with E-state index in [0.717, 1.165) is 34.8 Å².